The predicted molar refractivity (Wildman–Crippen MR) is 132 cm³/mol. The number of thiophene rings is 1. The summed E-state index contributed by atoms with van der Waals surface area (Å²) in [4.78, 5) is 28.2. The molecule has 1 N–H and O–H groups in total. The molecular weight excluding hydrogens is 450 g/mol. The highest BCUT2D eigenvalue weighted by Crippen LogP contribution is 2.48. The summed E-state index contributed by atoms with van der Waals surface area (Å²) in [6.07, 6.45) is 1.10. The number of hydrogen-bond donors (Lipinski definition) is 1. The highest BCUT2D eigenvalue weighted by molar-refractivity contribution is 7.10. The van der Waals surface area contributed by atoms with E-state index in [2.05, 4.69) is 11.4 Å². The zero-order valence-corrected chi connectivity index (χ0v) is 21.1. The van der Waals surface area contributed by atoms with Crippen molar-refractivity contribution >= 4 is 23.1 Å². The van der Waals surface area contributed by atoms with Gasteiger partial charge < -0.3 is 19.5 Å². The lowest BCUT2D eigenvalue weighted by Crippen LogP contribution is -2.36. The van der Waals surface area contributed by atoms with Gasteiger partial charge in [-0.1, -0.05) is 19.9 Å². The summed E-state index contributed by atoms with van der Waals surface area (Å²) in [5.74, 6) is 0.547. The number of benzene rings is 1. The van der Waals surface area contributed by atoms with Gasteiger partial charge in [-0.3, -0.25) is 4.79 Å². The number of allylic oxidation sites excluding steroid dienone is 3. The van der Waals surface area contributed by atoms with Crippen LogP contribution >= 0.6 is 11.3 Å². The van der Waals surface area contributed by atoms with E-state index < -0.39 is 11.9 Å². The monoisotopic (exact) mass is 481 g/mol. The number of esters is 1. The van der Waals surface area contributed by atoms with E-state index in [9.17, 15) is 9.59 Å². The molecule has 1 aliphatic carbocycles. The van der Waals surface area contributed by atoms with Crippen LogP contribution < -0.4 is 14.8 Å². The largest absolute Gasteiger partial charge is 0.497 e. The second kappa shape index (κ2) is 10.1. The molecule has 2 aliphatic rings. The molecule has 1 aromatic carbocycles. The number of carbonyl (C=O) groups excluding carboxylic acids is 2. The van der Waals surface area contributed by atoms with Crippen molar-refractivity contribution in [2.24, 2.45) is 5.92 Å². The number of ether oxygens (including phenoxy) is 3. The predicted octanol–water partition coefficient (Wildman–Crippen LogP) is 5.33. The normalized spacial score (nSPS) is 20.2. The standard InChI is InChI=1S/C27H31NO5S/c1-15(2)14-33-27(30)24-16(3)28-20-11-17(23-7-6-10-34-23)12-21(29)26(20)25(24)19-13-18(31-4)8-9-22(19)32-5/h6-10,13,15,17,25,28H,11-12,14H2,1-5H3. The molecule has 0 spiro atoms. The molecule has 0 saturated heterocycles. The number of methoxy groups -OCH3 is 2. The van der Waals surface area contributed by atoms with Crippen molar-refractivity contribution in [2.75, 3.05) is 20.8 Å². The van der Waals surface area contributed by atoms with Crippen LogP contribution in [0.1, 0.15) is 55.9 Å². The van der Waals surface area contributed by atoms with Gasteiger partial charge in [0.25, 0.3) is 0 Å². The molecule has 2 atom stereocenters. The van der Waals surface area contributed by atoms with Crippen molar-refractivity contribution in [1.82, 2.24) is 5.32 Å². The van der Waals surface area contributed by atoms with Crippen LogP contribution in [0, 0.1) is 5.92 Å². The van der Waals surface area contributed by atoms with E-state index in [1.54, 1.807) is 25.6 Å². The number of dihydropyridines is 1. The fraction of sp³-hybridized carbons (Fsp3) is 0.407. The van der Waals surface area contributed by atoms with Crippen molar-refractivity contribution in [3.05, 3.63) is 68.7 Å². The average Bonchev–Trinajstić information content (AvgIpc) is 3.36. The van der Waals surface area contributed by atoms with Crippen LogP contribution in [0.15, 0.2) is 58.3 Å². The van der Waals surface area contributed by atoms with Crippen LogP contribution in [0.3, 0.4) is 0 Å². The third-order valence-corrected chi connectivity index (χ3v) is 7.32. The van der Waals surface area contributed by atoms with Crippen LogP contribution in [-0.2, 0) is 14.3 Å². The second-order valence-electron chi connectivity index (χ2n) is 9.13. The smallest absolute Gasteiger partial charge is 0.336 e. The van der Waals surface area contributed by atoms with Crippen molar-refractivity contribution in [3.63, 3.8) is 0 Å². The molecule has 2 aromatic rings. The zero-order valence-electron chi connectivity index (χ0n) is 20.3. The van der Waals surface area contributed by atoms with Gasteiger partial charge in [0.15, 0.2) is 5.78 Å². The lowest BCUT2D eigenvalue weighted by molar-refractivity contribution is -0.140. The maximum atomic E-state index is 13.7. The van der Waals surface area contributed by atoms with E-state index in [0.29, 0.717) is 47.8 Å². The Hall–Kier alpha value is -3.06. The van der Waals surface area contributed by atoms with E-state index in [0.717, 1.165) is 11.3 Å². The van der Waals surface area contributed by atoms with Crippen molar-refractivity contribution < 1.29 is 23.8 Å². The Balaban J connectivity index is 1.85. The first-order valence-electron chi connectivity index (χ1n) is 11.5. The molecule has 0 amide bonds. The summed E-state index contributed by atoms with van der Waals surface area (Å²) in [5, 5.41) is 5.43. The van der Waals surface area contributed by atoms with E-state index >= 15 is 0 Å². The summed E-state index contributed by atoms with van der Waals surface area (Å²) in [6, 6.07) is 9.56. The molecule has 0 fully saturated rings. The SMILES string of the molecule is COc1ccc(OC)c(C2C(C(=O)OCC(C)C)=C(C)NC3=C2C(=O)CC(c2cccs2)C3)c1. The van der Waals surface area contributed by atoms with Gasteiger partial charge in [-0.05, 0) is 48.9 Å². The Bertz CT molecular complexity index is 1150. The maximum absolute atomic E-state index is 13.7. The van der Waals surface area contributed by atoms with E-state index in [4.69, 9.17) is 14.2 Å². The highest BCUT2D eigenvalue weighted by atomic mass is 32.1. The number of carbonyl (C=O) groups is 2. The summed E-state index contributed by atoms with van der Waals surface area (Å²) >= 11 is 1.67. The van der Waals surface area contributed by atoms with Gasteiger partial charge in [-0.15, -0.1) is 11.3 Å². The fourth-order valence-corrected chi connectivity index (χ4v) is 5.56. The second-order valence-corrected chi connectivity index (χ2v) is 10.1. The minimum absolute atomic E-state index is 0.0312. The molecule has 2 unspecified atom stereocenters. The first-order chi connectivity index (χ1) is 16.3. The quantitative estimate of drug-likeness (QED) is 0.539. The topological polar surface area (TPSA) is 73.9 Å². The molecule has 180 valence electrons. The van der Waals surface area contributed by atoms with Gasteiger partial charge in [0, 0.05) is 39.7 Å². The van der Waals surface area contributed by atoms with E-state index in [-0.39, 0.29) is 17.6 Å². The summed E-state index contributed by atoms with van der Waals surface area (Å²) in [5.41, 5.74) is 3.33. The van der Waals surface area contributed by atoms with Gasteiger partial charge in [0.2, 0.25) is 0 Å². The maximum Gasteiger partial charge on any atom is 0.336 e. The molecule has 7 heteroatoms. The zero-order chi connectivity index (χ0) is 24.4. The Morgan fingerprint density at radius 2 is 1.97 bits per heavy atom. The Morgan fingerprint density at radius 3 is 2.62 bits per heavy atom. The highest BCUT2D eigenvalue weighted by Gasteiger charge is 2.42. The molecule has 1 aromatic heterocycles. The van der Waals surface area contributed by atoms with Gasteiger partial charge in [0.05, 0.1) is 32.3 Å². The van der Waals surface area contributed by atoms with Crippen LogP contribution in [0.4, 0.5) is 0 Å². The van der Waals surface area contributed by atoms with Crippen LogP contribution in [0.5, 0.6) is 11.5 Å². The van der Waals surface area contributed by atoms with Gasteiger partial charge >= 0.3 is 5.97 Å². The fourth-order valence-electron chi connectivity index (χ4n) is 4.73. The van der Waals surface area contributed by atoms with Crippen LogP contribution in [0.25, 0.3) is 0 Å². The third kappa shape index (κ3) is 4.62. The van der Waals surface area contributed by atoms with Crippen molar-refractivity contribution in [2.45, 2.75) is 45.4 Å². The number of hydrogen-bond acceptors (Lipinski definition) is 7. The van der Waals surface area contributed by atoms with E-state index in [1.165, 1.54) is 4.88 Å². The lowest BCUT2D eigenvalue weighted by atomic mass is 9.72. The first kappa shape index (κ1) is 24.1. The summed E-state index contributed by atoms with van der Waals surface area (Å²) in [6.45, 7) is 6.16. The molecule has 0 saturated carbocycles. The van der Waals surface area contributed by atoms with E-state index in [1.807, 2.05) is 50.4 Å². The molecular formula is C27H31NO5S. The first-order valence-corrected chi connectivity index (χ1v) is 12.4. The minimum Gasteiger partial charge on any atom is -0.497 e. The molecule has 4 rings (SSSR count). The number of rotatable bonds is 7. The molecule has 34 heavy (non-hydrogen) atoms. The molecule has 1 aliphatic heterocycles. The van der Waals surface area contributed by atoms with Crippen LogP contribution in [-0.4, -0.2) is 32.6 Å². The Morgan fingerprint density at radius 1 is 1.18 bits per heavy atom. The molecule has 0 bridgehead atoms. The number of nitrogens with one attached hydrogen (secondary N) is 1. The lowest BCUT2D eigenvalue weighted by Gasteiger charge is -2.37. The minimum atomic E-state index is -0.599. The number of ketones is 1. The van der Waals surface area contributed by atoms with Gasteiger partial charge in [0.1, 0.15) is 11.5 Å². The number of Topliss-reactive ketones (excluding diaryl/α,β-unsaturated/α-hetero) is 1. The summed E-state index contributed by atoms with van der Waals surface area (Å²) in [7, 11) is 3.18. The average molecular weight is 482 g/mol. The molecule has 0 radical (unpaired) electrons. The van der Waals surface area contributed by atoms with Crippen molar-refractivity contribution in [1.29, 1.82) is 0 Å². The van der Waals surface area contributed by atoms with Crippen molar-refractivity contribution in [3.8, 4) is 11.5 Å². The molecule has 6 nitrogen and oxygen atoms in total. The van der Waals surface area contributed by atoms with Gasteiger partial charge in [-0.2, -0.15) is 0 Å². The Labute approximate surface area is 204 Å². The van der Waals surface area contributed by atoms with Crippen LogP contribution in [0.2, 0.25) is 0 Å². The summed E-state index contributed by atoms with van der Waals surface area (Å²) < 4.78 is 16.8. The molecule has 2 heterocycles. The Kier molecular flexibility index (Phi) is 7.12. The van der Waals surface area contributed by atoms with Gasteiger partial charge in [-0.25, -0.2) is 4.79 Å². The third-order valence-electron chi connectivity index (χ3n) is 6.29.